The van der Waals surface area contributed by atoms with Crippen LogP contribution in [0.3, 0.4) is 0 Å². The fraction of sp³-hybridized carbons (Fsp3) is 0.667. The lowest BCUT2D eigenvalue weighted by molar-refractivity contribution is -0.120. The van der Waals surface area contributed by atoms with Crippen LogP contribution in [0.15, 0.2) is 12.4 Å². The standard InChI is InChI=1S/C12H20N4O.2ClH/c1-10-14-4-6-16(10)7-5-15-12(17)9-13-8-11-2-3-11;;/h4,6,11,13H,2-3,5,7-9H2,1H3,(H,15,17);2*1H. The highest BCUT2D eigenvalue weighted by Crippen LogP contribution is 2.27. The minimum Gasteiger partial charge on any atom is -0.353 e. The Morgan fingerprint density at radius 2 is 2.21 bits per heavy atom. The van der Waals surface area contributed by atoms with Gasteiger partial charge in [-0.1, -0.05) is 0 Å². The van der Waals surface area contributed by atoms with Crippen LogP contribution in [0, 0.1) is 12.8 Å². The number of imidazole rings is 1. The molecule has 1 saturated carbocycles. The molecular weight excluding hydrogens is 287 g/mol. The topological polar surface area (TPSA) is 59.0 Å². The average Bonchev–Trinajstić information content (AvgIpc) is 3.03. The first-order valence-corrected chi connectivity index (χ1v) is 6.21. The summed E-state index contributed by atoms with van der Waals surface area (Å²) in [5.41, 5.74) is 0. The van der Waals surface area contributed by atoms with E-state index < -0.39 is 0 Å². The zero-order chi connectivity index (χ0) is 12.1. The molecule has 1 aliphatic rings. The summed E-state index contributed by atoms with van der Waals surface area (Å²) in [6.07, 6.45) is 6.32. The van der Waals surface area contributed by atoms with Crippen molar-refractivity contribution < 1.29 is 4.79 Å². The van der Waals surface area contributed by atoms with E-state index in [9.17, 15) is 4.79 Å². The number of nitrogens with zero attached hydrogens (tertiary/aromatic N) is 2. The van der Waals surface area contributed by atoms with Crippen molar-refractivity contribution in [2.45, 2.75) is 26.3 Å². The number of hydrogen-bond acceptors (Lipinski definition) is 3. The van der Waals surface area contributed by atoms with Gasteiger partial charge in [-0.25, -0.2) is 4.98 Å². The maximum Gasteiger partial charge on any atom is 0.234 e. The monoisotopic (exact) mass is 308 g/mol. The Kier molecular flexibility index (Phi) is 8.80. The molecule has 0 aromatic carbocycles. The van der Waals surface area contributed by atoms with Gasteiger partial charge in [0.05, 0.1) is 6.54 Å². The van der Waals surface area contributed by atoms with E-state index in [-0.39, 0.29) is 30.7 Å². The second kappa shape index (κ2) is 9.18. The van der Waals surface area contributed by atoms with Crippen LogP contribution in [-0.4, -0.2) is 35.1 Å². The molecule has 0 saturated heterocycles. The third-order valence-corrected chi connectivity index (χ3v) is 3.01. The molecule has 0 radical (unpaired) electrons. The predicted molar refractivity (Wildman–Crippen MR) is 80.1 cm³/mol. The Bertz CT molecular complexity index is 380. The molecule has 0 aliphatic heterocycles. The minimum absolute atomic E-state index is 0. The van der Waals surface area contributed by atoms with Crippen LogP contribution in [0.4, 0.5) is 0 Å². The molecule has 110 valence electrons. The molecule has 0 atom stereocenters. The van der Waals surface area contributed by atoms with Crippen LogP contribution < -0.4 is 10.6 Å². The van der Waals surface area contributed by atoms with Crippen molar-refractivity contribution in [3.05, 3.63) is 18.2 Å². The highest BCUT2D eigenvalue weighted by molar-refractivity contribution is 5.85. The van der Waals surface area contributed by atoms with E-state index in [1.165, 1.54) is 12.8 Å². The van der Waals surface area contributed by atoms with Gasteiger partial charge in [-0.3, -0.25) is 4.79 Å². The molecule has 2 N–H and O–H groups in total. The highest BCUT2D eigenvalue weighted by atomic mass is 35.5. The van der Waals surface area contributed by atoms with Crippen LogP contribution in [0.1, 0.15) is 18.7 Å². The third kappa shape index (κ3) is 6.80. The summed E-state index contributed by atoms with van der Waals surface area (Å²) >= 11 is 0. The Hall–Kier alpha value is -0.780. The molecule has 0 spiro atoms. The largest absolute Gasteiger partial charge is 0.353 e. The number of aryl methyl sites for hydroxylation is 1. The molecule has 2 rings (SSSR count). The van der Waals surface area contributed by atoms with Crippen molar-refractivity contribution in [3.63, 3.8) is 0 Å². The minimum atomic E-state index is 0. The second-order valence-corrected chi connectivity index (χ2v) is 4.59. The lowest BCUT2D eigenvalue weighted by Crippen LogP contribution is -2.36. The van der Waals surface area contributed by atoms with Gasteiger partial charge in [0.1, 0.15) is 5.82 Å². The van der Waals surface area contributed by atoms with Gasteiger partial charge < -0.3 is 15.2 Å². The van der Waals surface area contributed by atoms with Crippen molar-refractivity contribution in [1.82, 2.24) is 20.2 Å². The molecule has 1 aromatic rings. The first kappa shape index (κ1) is 18.2. The predicted octanol–water partition coefficient (Wildman–Crippen LogP) is 1.15. The van der Waals surface area contributed by atoms with Crippen molar-refractivity contribution >= 4 is 30.7 Å². The molecule has 1 amide bonds. The van der Waals surface area contributed by atoms with E-state index in [1.54, 1.807) is 6.20 Å². The molecule has 1 heterocycles. The van der Waals surface area contributed by atoms with Gasteiger partial charge in [-0.15, -0.1) is 24.8 Å². The smallest absolute Gasteiger partial charge is 0.234 e. The Morgan fingerprint density at radius 3 is 2.79 bits per heavy atom. The van der Waals surface area contributed by atoms with Gasteiger partial charge in [-0.2, -0.15) is 0 Å². The number of carbonyl (C=O) groups excluding carboxylic acids is 1. The lowest BCUT2D eigenvalue weighted by atomic mass is 10.4. The van der Waals surface area contributed by atoms with E-state index >= 15 is 0 Å². The zero-order valence-corrected chi connectivity index (χ0v) is 12.7. The number of halogens is 2. The van der Waals surface area contributed by atoms with Crippen LogP contribution in [0.25, 0.3) is 0 Å². The molecule has 7 heteroatoms. The van der Waals surface area contributed by atoms with E-state index in [0.717, 1.165) is 24.8 Å². The van der Waals surface area contributed by atoms with Crippen LogP contribution >= 0.6 is 24.8 Å². The first-order chi connectivity index (χ1) is 8.25. The Morgan fingerprint density at radius 1 is 1.47 bits per heavy atom. The Balaban J connectivity index is 0.00000162. The fourth-order valence-corrected chi connectivity index (χ4v) is 1.73. The summed E-state index contributed by atoms with van der Waals surface area (Å²) in [6, 6.07) is 0. The number of amides is 1. The summed E-state index contributed by atoms with van der Waals surface area (Å²) in [4.78, 5) is 15.6. The summed E-state index contributed by atoms with van der Waals surface area (Å²) in [7, 11) is 0. The van der Waals surface area contributed by atoms with Crippen LogP contribution in [-0.2, 0) is 11.3 Å². The normalized spacial score (nSPS) is 13.3. The average molecular weight is 309 g/mol. The maximum absolute atomic E-state index is 11.5. The van der Waals surface area contributed by atoms with E-state index in [4.69, 9.17) is 0 Å². The molecule has 5 nitrogen and oxygen atoms in total. The summed E-state index contributed by atoms with van der Waals surface area (Å²) in [5.74, 6) is 1.87. The summed E-state index contributed by atoms with van der Waals surface area (Å²) < 4.78 is 2.03. The van der Waals surface area contributed by atoms with Gasteiger partial charge in [0.25, 0.3) is 0 Å². The molecule has 1 aliphatic carbocycles. The first-order valence-electron chi connectivity index (χ1n) is 6.21. The van der Waals surface area contributed by atoms with Gasteiger partial charge in [-0.05, 0) is 32.2 Å². The van der Waals surface area contributed by atoms with E-state index in [0.29, 0.717) is 13.1 Å². The number of nitrogens with one attached hydrogen (secondary N) is 2. The van der Waals surface area contributed by atoms with Crippen LogP contribution in [0.5, 0.6) is 0 Å². The SMILES string of the molecule is Cc1nccn1CCNC(=O)CNCC1CC1.Cl.Cl. The molecule has 1 fully saturated rings. The molecule has 1 aromatic heterocycles. The lowest BCUT2D eigenvalue weighted by Gasteiger charge is -2.07. The molecule has 0 bridgehead atoms. The summed E-state index contributed by atoms with van der Waals surface area (Å²) in [6.45, 7) is 4.80. The van der Waals surface area contributed by atoms with Crippen molar-refractivity contribution in [1.29, 1.82) is 0 Å². The Labute approximate surface area is 126 Å². The molecular formula is C12H22Cl2N4O. The van der Waals surface area contributed by atoms with E-state index in [1.807, 2.05) is 17.7 Å². The quantitative estimate of drug-likeness (QED) is 0.794. The maximum atomic E-state index is 11.5. The van der Waals surface area contributed by atoms with E-state index in [2.05, 4.69) is 15.6 Å². The highest BCUT2D eigenvalue weighted by Gasteiger charge is 2.20. The molecule has 19 heavy (non-hydrogen) atoms. The van der Waals surface area contributed by atoms with Crippen LogP contribution in [0.2, 0.25) is 0 Å². The fourth-order valence-electron chi connectivity index (χ4n) is 1.73. The molecule has 0 unspecified atom stereocenters. The number of rotatable bonds is 7. The third-order valence-electron chi connectivity index (χ3n) is 3.01. The van der Waals surface area contributed by atoms with Gasteiger partial charge in [0.15, 0.2) is 0 Å². The second-order valence-electron chi connectivity index (χ2n) is 4.59. The van der Waals surface area contributed by atoms with Crippen molar-refractivity contribution in [3.8, 4) is 0 Å². The van der Waals surface area contributed by atoms with Gasteiger partial charge in [0, 0.05) is 25.5 Å². The number of aromatic nitrogens is 2. The number of carbonyl (C=O) groups is 1. The van der Waals surface area contributed by atoms with Crippen molar-refractivity contribution in [2.24, 2.45) is 5.92 Å². The zero-order valence-electron chi connectivity index (χ0n) is 11.1. The summed E-state index contributed by atoms with van der Waals surface area (Å²) in [5, 5.41) is 6.06. The number of hydrogen-bond donors (Lipinski definition) is 2. The van der Waals surface area contributed by atoms with Crippen molar-refractivity contribution in [2.75, 3.05) is 19.6 Å². The van der Waals surface area contributed by atoms with Gasteiger partial charge in [0.2, 0.25) is 5.91 Å². The van der Waals surface area contributed by atoms with Gasteiger partial charge >= 0.3 is 0 Å².